The first-order valence-electron chi connectivity index (χ1n) is 11.0. The van der Waals surface area contributed by atoms with Gasteiger partial charge < -0.3 is 4.74 Å². The first-order chi connectivity index (χ1) is 15.2. The number of carbonyl (C=O) groups excluding carboxylic acids is 1. The zero-order valence-electron chi connectivity index (χ0n) is 17.5. The van der Waals surface area contributed by atoms with E-state index in [2.05, 4.69) is 16.0 Å². The fraction of sp³-hybridized carbons (Fsp3) is 0.417. The third-order valence-corrected chi connectivity index (χ3v) is 7.22. The number of benzene rings is 2. The molecule has 0 radical (unpaired) electrons. The summed E-state index contributed by atoms with van der Waals surface area (Å²) >= 11 is 1.37. The lowest BCUT2D eigenvalue weighted by molar-refractivity contribution is 0.0391. The van der Waals surface area contributed by atoms with Gasteiger partial charge in [0.25, 0.3) is 5.91 Å². The number of morpholine rings is 1. The third kappa shape index (κ3) is 4.35. The number of rotatable bonds is 5. The number of aromatic nitrogens is 1. The Kier molecular flexibility index (Phi) is 5.98. The molecular formula is C24H26FN3O2S. The highest BCUT2D eigenvalue weighted by Gasteiger charge is 2.24. The molecule has 2 aromatic carbocycles. The lowest BCUT2D eigenvalue weighted by Gasteiger charge is -2.29. The standard InChI is InChI=1S/C24H26FN3O2S/c25-20-6-3-7-21-22(20)26-24(31-21)28(11-10-27-12-14-30-15-13-27)23(29)19-9-8-17-4-1-2-5-18(17)16-19/h3,6-9,16H,1-2,4-5,10-15H2. The van der Waals surface area contributed by atoms with Gasteiger partial charge in [-0.25, -0.2) is 9.37 Å². The molecule has 7 heteroatoms. The Morgan fingerprint density at radius 2 is 1.94 bits per heavy atom. The number of halogens is 1. The van der Waals surface area contributed by atoms with Crippen LogP contribution in [-0.2, 0) is 17.6 Å². The van der Waals surface area contributed by atoms with Crippen molar-refractivity contribution in [3.8, 4) is 0 Å². The number of thiazole rings is 1. The predicted molar refractivity (Wildman–Crippen MR) is 122 cm³/mol. The Bertz CT molecular complexity index is 1090. The monoisotopic (exact) mass is 439 g/mol. The Hall–Kier alpha value is -2.35. The minimum absolute atomic E-state index is 0.0684. The highest BCUT2D eigenvalue weighted by atomic mass is 32.1. The summed E-state index contributed by atoms with van der Waals surface area (Å²) in [6.45, 7) is 4.39. The van der Waals surface area contributed by atoms with E-state index < -0.39 is 0 Å². The fourth-order valence-corrected chi connectivity index (χ4v) is 5.40. The molecule has 1 fully saturated rings. The maximum absolute atomic E-state index is 14.3. The van der Waals surface area contributed by atoms with E-state index in [1.807, 2.05) is 18.2 Å². The van der Waals surface area contributed by atoms with E-state index in [9.17, 15) is 9.18 Å². The summed E-state index contributed by atoms with van der Waals surface area (Å²) in [4.78, 5) is 22.2. The molecule has 0 spiro atoms. The number of hydrogen-bond donors (Lipinski definition) is 0. The SMILES string of the molecule is O=C(c1ccc2c(c1)CCCC2)N(CCN1CCOCC1)c1nc2c(F)cccc2s1. The van der Waals surface area contributed by atoms with Gasteiger partial charge in [0.2, 0.25) is 0 Å². The van der Waals surface area contributed by atoms with Crippen LogP contribution in [-0.4, -0.2) is 55.2 Å². The largest absolute Gasteiger partial charge is 0.379 e. The Morgan fingerprint density at radius 1 is 1.13 bits per heavy atom. The number of aryl methyl sites for hydroxylation is 2. The first kappa shape index (κ1) is 20.5. The van der Waals surface area contributed by atoms with Crippen LogP contribution in [0.1, 0.15) is 34.3 Å². The van der Waals surface area contributed by atoms with Crippen molar-refractivity contribution >= 4 is 32.6 Å². The minimum atomic E-state index is -0.352. The minimum Gasteiger partial charge on any atom is -0.379 e. The van der Waals surface area contributed by atoms with Crippen molar-refractivity contribution in [1.29, 1.82) is 0 Å². The van der Waals surface area contributed by atoms with Crippen LogP contribution in [0.4, 0.5) is 9.52 Å². The van der Waals surface area contributed by atoms with Gasteiger partial charge in [0.1, 0.15) is 11.3 Å². The molecule has 3 aromatic rings. The normalized spacial score (nSPS) is 16.9. The molecular weight excluding hydrogens is 413 g/mol. The quantitative estimate of drug-likeness (QED) is 0.595. The Labute approximate surface area is 185 Å². The smallest absolute Gasteiger partial charge is 0.260 e. The van der Waals surface area contributed by atoms with Crippen molar-refractivity contribution in [3.63, 3.8) is 0 Å². The van der Waals surface area contributed by atoms with Crippen molar-refractivity contribution in [1.82, 2.24) is 9.88 Å². The molecule has 162 valence electrons. The third-order valence-electron chi connectivity index (χ3n) is 6.17. The Balaban J connectivity index is 1.46. The molecule has 1 aliphatic carbocycles. The second-order valence-electron chi connectivity index (χ2n) is 8.18. The average molecular weight is 440 g/mol. The lowest BCUT2D eigenvalue weighted by atomic mass is 9.90. The topological polar surface area (TPSA) is 45.7 Å². The molecule has 0 N–H and O–H groups in total. The highest BCUT2D eigenvalue weighted by molar-refractivity contribution is 7.22. The van der Waals surface area contributed by atoms with Gasteiger partial charge >= 0.3 is 0 Å². The van der Waals surface area contributed by atoms with Crippen LogP contribution < -0.4 is 4.90 Å². The summed E-state index contributed by atoms with van der Waals surface area (Å²) in [7, 11) is 0. The number of anilines is 1. The molecule has 2 aliphatic rings. The van der Waals surface area contributed by atoms with Crippen molar-refractivity contribution in [2.75, 3.05) is 44.3 Å². The summed E-state index contributed by atoms with van der Waals surface area (Å²) < 4.78 is 20.5. The summed E-state index contributed by atoms with van der Waals surface area (Å²) in [5, 5.41) is 0.552. The Morgan fingerprint density at radius 3 is 2.74 bits per heavy atom. The molecule has 1 aliphatic heterocycles. The summed E-state index contributed by atoms with van der Waals surface area (Å²) in [5.74, 6) is -0.421. The van der Waals surface area contributed by atoms with Crippen LogP contribution in [0, 0.1) is 5.82 Å². The molecule has 0 bridgehead atoms. The number of fused-ring (bicyclic) bond motifs is 2. The summed E-state index contributed by atoms with van der Waals surface area (Å²) in [5.41, 5.74) is 3.64. The number of hydrogen-bond acceptors (Lipinski definition) is 5. The molecule has 1 aromatic heterocycles. The van der Waals surface area contributed by atoms with Gasteiger partial charge in [0, 0.05) is 31.7 Å². The van der Waals surface area contributed by atoms with Crippen LogP contribution in [0.3, 0.4) is 0 Å². The number of ether oxygens (including phenoxy) is 1. The molecule has 31 heavy (non-hydrogen) atoms. The second-order valence-corrected chi connectivity index (χ2v) is 9.19. The van der Waals surface area contributed by atoms with Crippen LogP contribution >= 0.6 is 11.3 Å². The van der Waals surface area contributed by atoms with E-state index in [4.69, 9.17) is 4.74 Å². The maximum atomic E-state index is 14.3. The van der Waals surface area contributed by atoms with Gasteiger partial charge in [0.05, 0.1) is 17.9 Å². The van der Waals surface area contributed by atoms with Crippen molar-refractivity contribution in [2.45, 2.75) is 25.7 Å². The van der Waals surface area contributed by atoms with Gasteiger partial charge in [-0.15, -0.1) is 0 Å². The molecule has 0 saturated carbocycles. The van der Waals surface area contributed by atoms with Crippen LogP contribution in [0.2, 0.25) is 0 Å². The summed E-state index contributed by atoms with van der Waals surface area (Å²) in [6.07, 6.45) is 4.49. The summed E-state index contributed by atoms with van der Waals surface area (Å²) in [6, 6.07) is 11.0. The molecule has 2 heterocycles. The molecule has 5 nitrogen and oxygen atoms in total. The van der Waals surface area contributed by atoms with E-state index in [0.717, 1.165) is 37.2 Å². The first-order valence-corrected chi connectivity index (χ1v) is 11.8. The van der Waals surface area contributed by atoms with Gasteiger partial charge in [0.15, 0.2) is 5.13 Å². The average Bonchev–Trinajstić information content (AvgIpc) is 3.25. The van der Waals surface area contributed by atoms with E-state index in [1.54, 1.807) is 11.0 Å². The van der Waals surface area contributed by atoms with E-state index in [0.29, 0.717) is 36.0 Å². The fourth-order valence-electron chi connectivity index (χ4n) is 4.39. The number of para-hydroxylation sites is 1. The number of amides is 1. The number of nitrogens with zero attached hydrogens (tertiary/aromatic N) is 3. The maximum Gasteiger partial charge on any atom is 0.260 e. The molecule has 0 atom stereocenters. The number of carbonyl (C=O) groups is 1. The lowest BCUT2D eigenvalue weighted by Crippen LogP contribution is -2.43. The molecule has 1 amide bonds. The van der Waals surface area contributed by atoms with Gasteiger partial charge in [-0.1, -0.05) is 23.5 Å². The van der Waals surface area contributed by atoms with Crippen LogP contribution in [0.25, 0.3) is 10.2 Å². The van der Waals surface area contributed by atoms with Crippen molar-refractivity contribution in [3.05, 3.63) is 58.9 Å². The van der Waals surface area contributed by atoms with Crippen LogP contribution in [0.15, 0.2) is 36.4 Å². The van der Waals surface area contributed by atoms with Crippen molar-refractivity contribution in [2.24, 2.45) is 0 Å². The highest BCUT2D eigenvalue weighted by Crippen LogP contribution is 2.31. The van der Waals surface area contributed by atoms with E-state index in [1.165, 1.54) is 41.4 Å². The van der Waals surface area contributed by atoms with Gasteiger partial charge in [-0.2, -0.15) is 0 Å². The molecule has 0 unspecified atom stereocenters. The van der Waals surface area contributed by atoms with Gasteiger partial charge in [-0.05, 0) is 61.1 Å². The predicted octanol–water partition coefficient (Wildman–Crippen LogP) is 4.29. The van der Waals surface area contributed by atoms with E-state index >= 15 is 0 Å². The second kappa shape index (κ2) is 9.02. The van der Waals surface area contributed by atoms with E-state index in [-0.39, 0.29) is 11.7 Å². The van der Waals surface area contributed by atoms with Crippen molar-refractivity contribution < 1.29 is 13.9 Å². The zero-order chi connectivity index (χ0) is 21.2. The van der Waals surface area contributed by atoms with Gasteiger partial charge in [-0.3, -0.25) is 14.6 Å². The molecule has 5 rings (SSSR count). The molecule has 1 saturated heterocycles. The van der Waals surface area contributed by atoms with Crippen LogP contribution in [0.5, 0.6) is 0 Å². The zero-order valence-corrected chi connectivity index (χ0v) is 18.3.